The number of nitrogens with zero attached hydrogens (tertiary/aromatic N) is 1. The van der Waals surface area contributed by atoms with Gasteiger partial charge in [-0.15, -0.1) is 11.3 Å². The maximum Gasteiger partial charge on any atom is 0.0949 e. The van der Waals surface area contributed by atoms with Crippen LogP contribution >= 0.6 is 11.3 Å². The highest BCUT2D eigenvalue weighted by atomic mass is 32.1. The Balaban J connectivity index is 2.23. The van der Waals surface area contributed by atoms with E-state index in [1.165, 1.54) is 32.3 Å². The predicted octanol–water partition coefficient (Wildman–Crippen LogP) is 4.27. The summed E-state index contributed by atoms with van der Waals surface area (Å²) in [6.07, 6.45) is 0.968. The molecule has 0 aliphatic heterocycles. The lowest BCUT2D eigenvalue weighted by molar-refractivity contribution is 0.548. The SMILES string of the molecule is CCNC(Cc1nc(C)c(C)s1)c1ccc(C)c(C)c1. The quantitative estimate of drug-likeness (QED) is 0.888. The molecule has 1 heterocycles. The molecule has 20 heavy (non-hydrogen) atoms. The first-order chi connectivity index (χ1) is 9.51. The minimum absolute atomic E-state index is 0.351. The summed E-state index contributed by atoms with van der Waals surface area (Å²) in [5, 5.41) is 4.82. The van der Waals surface area contributed by atoms with Crippen molar-refractivity contribution in [2.45, 2.75) is 47.1 Å². The largest absolute Gasteiger partial charge is 0.310 e. The van der Waals surface area contributed by atoms with Crippen molar-refractivity contribution in [1.82, 2.24) is 10.3 Å². The van der Waals surface area contributed by atoms with Crippen molar-refractivity contribution in [3.05, 3.63) is 50.5 Å². The van der Waals surface area contributed by atoms with Crippen LogP contribution in [0.3, 0.4) is 0 Å². The van der Waals surface area contributed by atoms with Crippen LogP contribution in [0.5, 0.6) is 0 Å². The zero-order valence-corrected chi connectivity index (χ0v) is 13.9. The van der Waals surface area contributed by atoms with Crippen molar-refractivity contribution in [1.29, 1.82) is 0 Å². The van der Waals surface area contributed by atoms with E-state index in [4.69, 9.17) is 0 Å². The van der Waals surface area contributed by atoms with Gasteiger partial charge in [0.1, 0.15) is 0 Å². The minimum Gasteiger partial charge on any atom is -0.310 e. The predicted molar refractivity (Wildman–Crippen MR) is 87.6 cm³/mol. The average Bonchev–Trinajstić information content (AvgIpc) is 2.71. The molecule has 1 atom stereocenters. The number of benzene rings is 1. The number of hydrogen-bond donors (Lipinski definition) is 1. The average molecular weight is 288 g/mol. The van der Waals surface area contributed by atoms with E-state index in [1.54, 1.807) is 0 Å². The third-order valence-electron chi connectivity index (χ3n) is 3.84. The first kappa shape index (κ1) is 15.2. The van der Waals surface area contributed by atoms with Gasteiger partial charge in [0.05, 0.1) is 10.7 Å². The van der Waals surface area contributed by atoms with Crippen LogP contribution in [0.2, 0.25) is 0 Å². The smallest absolute Gasteiger partial charge is 0.0949 e. The molecule has 1 aromatic carbocycles. The van der Waals surface area contributed by atoms with Crippen LogP contribution < -0.4 is 5.32 Å². The van der Waals surface area contributed by atoms with Gasteiger partial charge in [-0.3, -0.25) is 0 Å². The van der Waals surface area contributed by atoms with Crippen molar-refractivity contribution in [3.63, 3.8) is 0 Å². The van der Waals surface area contributed by atoms with Crippen LogP contribution in [-0.4, -0.2) is 11.5 Å². The van der Waals surface area contributed by atoms with E-state index in [9.17, 15) is 0 Å². The highest BCUT2D eigenvalue weighted by molar-refractivity contribution is 7.11. The van der Waals surface area contributed by atoms with Gasteiger partial charge in [-0.2, -0.15) is 0 Å². The fourth-order valence-corrected chi connectivity index (χ4v) is 3.32. The molecule has 0 saturated heterocycles. The fraction of sp³-hybridized carbons (Fsp3) is 0.471. The lowest BCUT2D eigenvalue weighted by atomic mass is 9.99. The molecule has 1 N–H and O–H groups in total. The van der Waals surface area contributed by atoms with Gasteiger partial charge in [0.2, 0.25) is 0 Å². The molecule has 3 heteroatoms. The summed E-state index contributed by atoms with van der Waals surface area (Å²) in [4.78, 5) is 6.01. The number of nitrogens with one attached hydrogen (secondary N) is 1. The molecule has 0 radical (unpaired) electrons. The summed E-state index contributed by atoms with van der Waals surface area (Å²) in [6.45, 7) is 11.7. The van der Waals surface area contributed by atoms with Gasteiger partial charge in [-0.1, -0.05) is 25.1 Å². The Bertz CT molecular complexity index is 567. The Morgan fingerprint density at radius 3 is 2.45 bits per heavy atom. The molecule has 0 amide bonds. The summed E-state index contributed by atoms with van der Waals surface area (Å²) in [5.74, 6) is 0. The van der Waals surface area contributed by atoms with Gasteiger partial charge in [0.15, 0.2) is 0 Å². The number of rotatable bonds is 5. The second kappa shape index (κ2) is 6.51. The molecular weight excluding hydrogens is 264 g/mol. The maximum atomic E-state index is 4.68. The summed E-state index contributed by atoms with van der Waals surface area (Å²) >= 11 is 1.82. The molecule has 0 bridgehead atoms. The fourth-order valence-electron chi connectivity index (χ4n) is 2.34. The van der Waals surface area contributed by atoms with Crippen molar-refractivity contribution >= 4 is 11.3 Å². The van der Waals surface area contributed by atoms with Crippen molar-refractivity contribution in [2.75, 3.05) is 6.54 Å². The van der Waals surface area contributed by atoms with E-state index in [0.29, 0.717) is 6.04 Å². The number of likely N-dealkylation sites (N-methyl/N-ethyl adjacent to an activating group) is 1. The molecule has 0 spiro atoms. The molecular formula is C17H24N2S. The molecule has 2 nitrogen and oxygen atoms in total. The van der Waals surface area contributed by atoms with Gasteiger partial charge >= 0.3 is 0 Å². The van der Waals surface area contributed by atoms with Crippen LogP contribution in [0, 0.1) is 27.7 Å². The highest BCUT2D eigenvalue weighted by Gasteiger charge is 2.14. The van der Waals surface area contributed by atoms with E-state index in [2.05, 4.69) is 63.1 Å². The van der Waals surface area contributed by atoms with Crippen molar-refractivity contribution in [3.8, 4) is 0 Å². The summed E-state index contributed by atoms with van der Waals surface area (Å²) < 4.78 is 0. The maximum absolute atomic E-state index is 4.68. The second-order valence-electron chi connectivity index (χ2n) is 5.41. The Kier molecular flexibility index (Phi) is 4.95. The molecule has 0 saturated carbocycles. The first-order valence-electron chi connectivity index (χ1n) is 7.24. The third kappa shape index (κ3) is 3.47. The molecule has 0 aliphatic carbocycles. The number of aryl methyl sites for hydroxylation is 4. The van der Waals surface area contributed by atoms with Crippen LogP contribution in [0.4, 0.5) is 0 Å². The van der Waals surface area contributed by atoms with E-state index in [0.717, 1.165) is 13.0 Å². The van der Waals surface area contributed by atoms with Crippen molar-refractivity contribution < 1.29 is 0 Å². The van der Waals surface area contributed by atoms with Gasteiger partial charge < -0.3 is 5.32 Å². The second-order valence-corrected chi connectivity index (χ2v) is 6.70. The van der Waals surface area contributed by atoms with Crippen molar-refractivity contribution in [2.24, 2.45) is 0 Å². The third-order valence-corrected chi connectivity index (χ3v) is 4.93. The molecule has 108 valence electrons. The van der Waals surface area contributed by atoms with E-state index >= 15 is 0 Å². The summed E-state index contributed by atoms with van der Waals surface area (Å²) in [7, 11) is 0. The standard InChI is InChI=1S/C17H24N2S/c1-6-18-16(10-17-19-13(4)14(5)20-17)15-8-7-11(2)12(3)9-15/h7-9,16,18H,6,10H2,1-5H3. The lowest BCUT2D eigenvalue weighted by Gasteiger charge is -2.18. The van der Waals surface area contributed by atoms with Crippen LogP contribution in [-0.2, 0) is 6.42 Å². The highest BCUT2D eigenvalue weighted by Crippen LogP contribution is 2.24. The van der Waals surface area contributed by atoms with Gasteiger partial charge in [-0.25, -0.2) is 4.98 Å². The first-order valence-corrected chi connectivity index (χ1v) is 8.06. The Morgan fingerprint density at radius 1 is 1.15 bits per heavy atom. The summed E-state index contributed by atoms with van der Waals surface area (Å²) in [5.41, 5.74) is 5.24. The molecule has 2 aromatic rings. The Morgan fingerprint density at radius 2 is 1.90 bits per heavy atom. The van der Waals surface area contributed by atoms with Crippen LogP contribution in [0.1, 0.15) is 45.2 Å². The van der Waals surface area contributed by atoms with Gasteiger partial charge in [-0.05, 0) is 50.9 Å². The number of hydrogen-bond acceptors (Lipinski definition) is 3. The summed E-state index contributed by atoms with van der Waals surface area (Å²) in [6, 6.07) is 7.11. The van der Waals surface area contributed by atoms with E-state index in [-0.39, 0.29) is 0 Å². The van der Waals surface area contributed by atoms with E-state index < -0.39 is 0 Å². The van der Waals surface area contributed by atoms with E-state index in [1.807, 2.05) is 11.3 Å². The molecule has 1 aromatic heterocycles. The Hall–Kier alpha value is -1.19. The van der Waals surface area contributed by atoms with Gasteiger partial charge in [0, 0.05) is 17.3 Å². The normalized spacial score (nSPS) is 12.7. The number of aromatic nitrogens is 1. The zero-order valence-electron chi connectivity index (χ0n) is 13.1. The van der Waals surface area contributed by atoms with Crippen LogP contribution in [0.15, 0.2) is 18.2 Å². The lowest BCUT2D eigenvalue weighted by Crippen LogP contribution is -2.23. The minimum atomic E-state index is 0.351. The molecule has 0 fully saturated rings. The topological polar surface area (TPSA) is 24.9 Å². The zero-order chi connectivity index (χ0) is 14.7. The number of thiazole rings is 1. The monoisotopic (exact) mass is 288 g/mol. The molecule has 1 unspecified atom stereocenters. The molecule has 0 aliphatic rings. The molecule has 2 rings (SSSR count). The van der Waals surface area contributed by atoms with Gasteiger partial charge in [0.25, 0.3) is 0 Å². The van der Waals surface area contributed by atoms with Crippen LogP contribution in [0.25, 0.3) is 0 Å². The Labute approximate surface area is 126 Å².